The smallest absolute Gasteiger partial charge is 0.158 e. The standard InChI is InChI=1S/C9H12N4OS/c1-5-3-6-8(13-10)11-7(4-14-2)12-9(6)15-5/h3H,4,10H2,1-2H3,(H,11,12,13). The molecule has 0 atom stereocenters. The number of nitrogens with one attached hydrogen (secondary N) is 1. The molecule has 0 saturated carbocycles. The third-order valence-electron chi connectivity index (χ3n) is 1.97. The lowest BCUT2D eigenvalue weighted by Gasteiger charge is -2.03. The topological polar surface area (TPSA) is 73.1 Å². The minimum absolute atomic E-state index is 0.390. The predicted octanol–water partition coefficient (Wildman–Crippen LogP) is 1.43. The molecule has 80 valence electrons. The number of nitrogens with zero attached hydrogens (tertiary/aromatic N) is 2. The van der Waals surface area contributed by atoms with Crippen molar-refractivity contribution in [3.05, 3.63) is 16.8 Å². The Labute approximate surface area is 91.3 Å². The van der Waals surface area contributed by atoms with Crippen LogP contribution in [0.1, 0.15) is 10.7 Å². The van der Waals surface area contributed by atoms with Gasteiger partial charge in [-0.1, -0.05) is 0 Å². The predicted molar refractivity (Wildman–Crippen MR) is 60.7 cm³/mol. The van der Waals surface area contributed by atoms with E-state index in [1.54, 1.807) is 18.4 Å². The van der Waals surface area contributed by atoms with Gasteiger partial charge in [-0.25, -0.2) is 15.8 Å². The number of methoxy groups -OCH3 is 1. The highest BCUT2D eigenvalue weighted by Crippen LogP contribution is 2.27. The average molecular weight is 224 g/mol. The molecule has 2 heterocycles. The van der Waals surface area contributed by atoms with Crippen LogP contribution in [0.25, 0.3) is 10.2 Å². The summed E-state index contributed by atoms with van der Waals surface area (Å²) in [4.78, 5) is 10.8. The number of fused-ring (bicyclic) bond motifs is 1. The van der Waals surface area contributed by atoms with Crippen molar-refractivity contribution in [1.82, 2.24) is 9.97 Å². The summed E-state index contributed by atoms with van der Waals surface area (Å²) in [5.74, 6) is 6.70. The van der Waals surface area contributed by atoms with E-state index in [1.165, 1.54) is 4.88 Å². The first-order valence-corrected chi connectivity index (χ1v) is 5.29. The number of nitrogen functional groups attached to an aromatic ring is 1. The molecule has 0 fully saturated rings. The van der Waals surface area contributed by atoms with Crippen molar-refractivity contribution in [2.45, 2.75) is 13.5 Å². The Morgan fingerprint density at radius 2 is 2.33 bits per heavy atom. The molecule has 3 N–H and O–H groups in total. The molecule has 2 aromatic heterocycles. The molecule has 2 aromatic rings. The van der Waals surface area contributed by atoms with Crippen molar-refractivity contribution in [2.75, 3.05) is 12.5 Å². The SMILES string of the molecule is COCc1nc(NN)c2cc(C)sc2n1. The molecule has 0 aromatic carbocycles. The molecule has 0 aliphatic heterocycles. The third-order valence-corrected chi connectivity index (χ3v) is 2.92. The van der Waals surface area contributed by atoms with Crippen molar-refractivity contribution in [3.63, 3.8) is 0 Å². The molecule has 5 nitrogen and oxygen atoms in total. The maximum absolute atomic E-state index is 5.41. The van der Waals surface area contributed by atoms with Crippen molar-refractivity contribution in [1.29, 1.82) is 0 Å². The first kappa shape index (κ1) is 10.3. The van der Waals surface area contributed by atoms with Crippen LogP contribution in [0.15, 0.2) is 6.07 Å². The molecule has 0 aliphatic rings. The van der Waals surface area contributed by atoms with Gasteiger partial charge in [0.05, 0.1) is 5.39 Å². The lowest BCUT2D eigenvalue weighted by molar-refractivity contribution is 0.178. The van der Waals surface area contributed by atoms with Crippen LogP contribution in [0.2, 0.25) is 0 Å². The van der Waals surface area contributed by atoms with Crippen molar-refractivity contribution in [3.8, 4) is 0 Å². The Morgan fingerprint density at radius 1 is 1.53 bits per heavy atom. The monoisotopic (exact) mass is 224 g/mol. The number of aryl methyl sites for hydroxylation is 1. The second kappa shape index (κ2) is 4.09. The highest BCUT2D eigenvalue weighted by molar-refractivity contribution is 7.18. The second-order valence-corrected chi connectivity index (χ2v) is 4.38. The molecule has 2 rings (SSSR count). The molecular weight excluding hydrogens is 212 g/mol. The largest absolute Gasteiger partial charge is 0.377 e. The molecule has 0 radical (unpaired) electrons. The fourth-order valence-electron chi connectivity index (χ4n) is 1.39. The van der Waals surface area contributed by atoms with Gasteiger partial charge in [-0.2, -0.15) is 0 Å². The Bertz CT molecular complexity index is 482. The highest BCUT2D eigenvalue weighted by atomic mass is 32.1. The van der Waals surface area contributed by atoms with Gasteiger partial charge in [0.25, 0.3) is 0 Å². The van der Waals surface area contributed by atoms with Crippen LogP contribution in [-0.4, -0.2) is 17.1 Å². The number of rotatable bonds is 3. The molecule has 0 amide bonds. The zero-order valence-corrected chi connectivity index (χ0v) is 9.39. The number of hydrazine groups is 1. The van der Waals surface area contributed by atoms with Crippen LogP contribution in [0.5, 0.6) is 0 Å². The molecule has 0 saturated heterocycles. The lowest BCUT2D eigenvalue weighted by Crippen LogP contribution is -2.10. The number of nitrogens with two attached hydrogens (primary N) is 1. The minimum atomic E-state index is 0.390. The van der Waals surface area contributed by atoms with Crippen molar-refractivity contribution < 1.29 is 4.74 Å². The normalized spacial score (nSPS) is 10.9. The maximum atomic E-state index is 5.41. The van der Waals surface area contributed by atoms with E-state index in [0.717, 1.165) is 10.2 Å². The van der Waals surface area contributed by atoms with E-state index < -0.39 is 0 Å². The van der Waals surface area contributed by atoms with Gasteiger partial charge in [0.2, 0.25) is 0 Å². The van der Waals surface area contributed by atoms with Crippen molar-refractivity contribution >= 4 is 27.4 Å². The van der Waals surface area contributed by atoms with Crippen molar-refractivity contribution in [2.24, 2.45) is 5.84 Å². The molecule has 0 unspecified atom stereocenters. The van der Waals surface area contributed by atoms with Crippen LogP contribution < -0.4 is 11.3 Å². The van der Waals surface area contributed by atoms with Gasteiger partial charge in [0.15, 0.2) is 11.6 Å². The number of anilines is 1. The molecule has 6 heteroatoms. The highest BCUT2D eigenvalue weighted by Gasteiger charge is 2.09. The number of hydrogen-bond acceptors (Lipinski definition) is 6. The second-order valence-electron chi connectivity index (χ2n) is 3.14. The number of thiophene rings is 1. The van der Waals surface area contributed by atoms with Gasteiger partial charge in [0, 0.05) is 12.0 Å². The first-order chi connectivity index (χ1) is 7.24. The van der Waals surface area contributed by atoms with Gasteiger partial charge >= 0.3 is 0 Å². The van der Waals surface area contributed by atoms with Crippen LogP contribution in [0, 0.1) is 6.92 Å². The maximum Gasteiger partial charge on any atom is 0.158 e. The summed E-state index contributed by atoms with van der Waals surface area (Å²) in [6, 6.07) is 2.02. The van der Waals surface area contributed by atoms with Gasteiger partial charge in [-0.15, -0.1) is 11.3 Å². The average Bonchev–Trinajstić information content (AvgIpc) is 2.57. The van der Waals surface area contributed by atoms with Gasteiger partial charge in [-0.3, -0.25) is 0 Å². The van der Waals surface area contributed by atoms with Gasteiger partial charge < -0.3 is 10.2 Å². The molecule has 15 heavy (non-hydrogen) atoms. The number of hydrogen-bond donors (Lipinski definition) is 2. The lowest BCUT2D eigenvalue weighted by atomic mass is 10.3. The number of aromatic nitrogens is 2. The summed E-state index contributed by atoms with van der Waals surface area (Å²) in [7, 11) is 1.61. The van der Waals surface area contributed by atoms with E-state index in [0.29, 0.717) is 18.2 Å². The summed E-state index contributed by atoms with van der Waals surface area (Å²) in [5, 5.41) is 0.958. The van der Waals surface area contributed by atoms with Crippen LogP contribution in [0.4, 0.5) is 5.82 Å². The summed E-state index contributed by atoms with van der Waals surface area (Å²) in [6.45, 7) is 2.42. The summed E-state index contributed by atoms with van der Waals surface area (Å²) < 4.78 is 4.99. The number of ether oxygens (including phenoxy) is 1. The van der Waals surface area contributed by atoms with Crippen LogP contribution >= 0.6 is 11.3 Å². The Hall–Kier alpha value is -1.24. The third kappa shape index (κ3) is 1.92. The van der Waals surface area contributed by atoms with E-state index in [2.05, 4.69) is 15.4 Å². The van der Waals surface area contributed by atoms with Crippen LogP contribution in [-0.2, 0) is 11.3 Å². The van der Waals surface area contributed by atoms with Gasteiger partial charge in [-0.05, 0) is 13.0 Å². The molecular formula is C9H12N4OS. The van der Waals surface area contributed by atoms with E-state index in [-0.39, 0.29) is 0 Å². The van der Waals surface area contributed by atoms with E-state index in [4.69, 9.17) is 10.6 Å². The zero-order valence-electron chi connectivity index (χ0n) is 8.57. The molecule has 0 spiro atoms. The Morgan fingerprint density at radius 3 is 3.00 bits per heavy atom. The van der Waals surface area contributed by atoms with E-state index >= 15 is 0 Å². The first-order valence-electron chi connectivity index (χ1n) is 4.47. The Kier molecular flexibility index (Phi) is 2.81. The fourth-order valence-corrected chi connectivity index (χ4v) is 2.29. The molecule has 0 aliphatic carbocycles. The zero-order chi connectivity index (χ0) is 10.8. The summed E-state index contributed by atoms with van der Waals surface area (Å²) in [6.07, 6.45) is 0. The summed E-state index contributed by atoms with van der Waals surface area (Å²) >= 11 is 1.62. The quantitative estimate of drug-likeness (QED) is 0.609. The molecule has 0 bridgehead atoms. The van der Waals surface area contributed by atoms with Crippen LogP contribution in [0.3, 0.4) is 0 Å². The van der Waals surface area contributed by atoms with E-state index in [1.807, 2.05) is 13.0 Å². The van der Waals surface area contributed by atoms with Gasteiger partial charge in [0.1, 0.15) is 11.4 Å². The van der Waals surface area contributed by atoms with E-state index in [9.17, 15) is 0 Å². The Balaban J connectivity index is 2.59. The fraction of sp³-hybridized carbons (Fsp3) is 0.333. The summed E-state index contributed by atoms with van der Waals surface area (Å²) in [5.41, 5.74) is 2.58. The minimum Gasteiger partial charge on any atom is -0.377 e.